The third-order valence-electron chi connectivity index (χ3n) is 3.03. The molecule has 1 aliphatic rings. The Kier molecular flexibility index (Phi) is 1.83. The zero-order chi connectivity index (χ0) is 9.57. The van der Waals surface area contributed by atoms with E-state index in [1.807, 2.05) is 27.7 Å². The van der Waals surface area contributed by atoms with Gasteiger partial charge in [0.25, 0.3) is 0 Å². The summed E-state index contributed by atoms with van der Waals surface area (Å²) < 4.78 is 1.18. The highest BCUT2D eigenvalue weighted by atomic mass is 16.7. The molecule has 0 unspecified atom stereocenters. The van der Waals surface area contributed by atoms with E-state index in [9.17, 15) is 5.21 Å². The van der Waals surface area contributed by atoms with E-state index in [2.05, 4.69) is 0 Å². The molecule has 0 aromatic rings. The molecule has 0 atom stereocenters. The van der Waals surface area contributed by atoms with Crippen molar-refractivity contribution in [3.63, 3.8) is 0 Å². The zero-order valence-corrected chi connectivity index (χ0v) is 8.33. The van der Waals surface area contributed by atoms with Gasteiger partial charge in [0.05, 0.1) is 7.11 Å². The second kappa shape index (κ2) is 2.36. The van der Waals surface area contributed by atoms with E-state index in [1.165, 1.54) is 4.74 Å². The molecule has 0 saturated heterocycles. The summed E-state index contributed by atoms with van der Waals surface area (Å²) in [4.78, 5) is 5.11. The number of hydrogen-bond donors (Lipinski definition) is 1. The molecule has 1 N–H and O–H groups in total. The topological polar surface area (TPSA) is 35.7 Å². The van der Waals surface area contributed by atoms with Gasteiger partial charge in [0.2, 0.25) is 0 Å². The van der Waals surface area contributed by atoms with E-state index in [1.54, 1.807) is 18.5 Å². The predicted octanol–water partition coefficient (Wildman–Crippen LogP) is 0.851. The monoisotopic (exact) mass is 173 g/mol. The zero-order valence-electron chi connectivity index (χ0n) is 8.33. The summed E-state index contributed by atoms with van der Waals surface area (Å²) in [5.41, 5.74) is -0.584. The van der Waals surface area contributed by atoms with Crippen LogP contribution in [0.1, 0.15) is 27.7 Å². The van der Waals surface area contributed by atoms with E-state index >= 15 is 0 Å². The molecule has 4 heteroatoms. The molecule has 0 aliphatic carbocycles. The van der Waals surface area contributed by atoms with Gasteiger partial charge in [-0.05, 0) is 27.7 Å². The lowest BCUT2D eigenvalue weighted by atomic mass is 9.84. The van der Waals surface area contributed by atoms with Crippen molar-refractivity contribution < 1.29 is 14.8 Å². The van der Waals surface area contributed by atoms with Crippen LogP contribution >= 0.6 is 0 Å². The molecule has 1 heterocycles. The molecule has 12 heavy (non-hydrogen) atoms. The third-order valence-corrected chi connectivity index (χ3v) is 3.03. The molecule has 0 amide bonds. The highest BCUT2D eigenvalue weighted by molar-refractivity contribution is 5.51. The van der Waals surface area contributed by atoms with E-state index in [-0.39, 0.29) is 11.1 Å². The summed E-state index contributed by atoms with van der Waals surface area (Å²) in [6, 6.07) is 0. The number of hydrogen-bond acceptors (Lipinski definition) is 3. The van der Waals surface area contributed by atoms with Crippen molar-refractivity contribution in [2.75, 3.05) is 7.11 Å². The molecular weight excluding hydrogens is 156 g/mol. The van der Waals surface area contributed by atoms with E-state index < -0.39 is 0 Å². The van der Waals surface area contributed by atoms with Crippen LogP contribution in [-0.2, 0) is 4.84 Å². The number of rotatable bonds is 1. The summed E-state index contributed by atoms with van der Waals surface area (Å²) in [7, 11) is 1.59. The number of nitrogens with zero attached hydrogens (tertiary/aromatic N) is 2. The van der Waals surface area contributed by atoms with Crippen molar-refractivity contribution in [1.82, 2.24) is 5.06 Å². The Labute approximate surface area is 73.0 Å². The molecule has 0 fully saturated rings. The van der Waals surface area contributed by atoms with Gasteiger partial charge in [-0.25, -0.2) is 0 Å². The Balaban J connectivity index is 3.03. The minimum atomic E-state index is -0.344. The van der Waals surface area contributed by atoms with Gasteiger partial charge >= 0.3 is 6.34 Å². The minimum absolute atomic E-state index is 0.240. The van der Waals surface area contributed by atoms with Gasteiger partial charge in [-0.1, -0.05) is 4.74 Å². The first-order chi connectivity index (χ1) is 5.34. The van der Waals surface area contributed by atoms with Crippen LogP contribution in [-0.4, -0.2) is 39.5 Å². The second-order valence-electron chi connectivity index (χ2n) is 4.09. The van der Waals surface area contributed by atoms with Gasteiger partial charge in [0, 0.05) is 0 Å². The van der Waals surface area contributed by atoms with Crippen LogP contribution in [0.4, 0.5) is 0 Å². The highest BCUT2D eigenvalue weighted by Gasteiger charge is 2.58. The van der Waals surface area contributed by atoms with E-state index in [0.29, 0.717) is 0 Å². The molecule has 1 rings (SSSR count). The van der Waals surface area contributed by atoms with Crippen LogP contribution in [0, 0.1) is 0 Å². The first-order valence-electron chi connectivity index (χ1n) is 4.00. The van der Waals surface area contributed by atoms with Gasteiger partial charge in [-0.3, -0.25) is 0 Å². The maximum Gasteiger partial charge on any atom is 0.305 e. The average Bonchev–Trinajstić information content (AvgIpc) is 2.10. The first-order valence-corrected chi connectivity index (χ1v) is 4.00. The van der Waals surface area contributed by atoms with Crippen molar-refractivity contribution in [2.24, 2.45) is 0 Å². The Morgan fingerprint density at radius 3 is 2.00 bits per heavy atom. The van der Waals surface area contributed by atoms with Crippen LogP contribution in [0.15, 0.2) is 0 Å². The lowest BCUT2D eigenvalue weighted by Crippen LogP contribution is -2.54. The molecule has 0 aromatic carbocycles. The standard InChI is InChI=1S/C8H17N2O2/c1-7(2)8(3,4)10(12-5)6-9(7)11/h6,11H,1-5H3/q+1. The smallest absolute Gasteiger partial charge is 0.305 e. The Morgan fingerprint density at radius 1 is 1.33 bits per heavy atom. The fourth-order valence-corrected chi connectivity index (χ4v) is 1.21. The second-order valence-corrected chi connectivity index (χ2v) is 4.09. The average molecular weight is 173 g/mol. The molecule has 0 spiro atoms. The van der Waals surface area contributed by atoms with Crippen molar-refractivity contribution in [3.05, 3.63) is 0 Å². The Bertz CT molecular complexity index is 221. The van der Waals surface area contributed by atoms with Crippen molar-refractivity contribution >= 4 is 6.34 Å². The van der Waals surface area contributed by atoms with Crippen LogP contribution in [0.3, 0.4) is 0 Å². The Hall–Kier alpha value is -0.770. The van der Waals surface area contributed by atoms with Crippen LogP contribution < -0.4 is 0 Å². The lowest BCUT2D eigenvalue weighted by molar-refractivity contribution is -0.817. The largest absolute Gasteiger partial charge is 0.355 e. The van der Waals surface area contributed by atoms with Gasteiger partial charge < -0.3 is 5.21 Å². The SMILES string of the molecule is CON1C=[N+](O)C(C)(C)C1(C)C. The normalized spacial score (nSPS) is 25.8. The molecule has 0 bridgehead atoms. The number of hydroxylamine groups is 3. The molecule has 0 aromatic heterocycles. The maximum absolute atomic E-state index is 9.55. The molecule has 0 radical (unpaired) electrons. The van der Waals surface area contributed by atoms with Gasteiger partial charge in [-0.15, -0.1) is 5.06 Å². The predicted molar refractivity (Wildman–Crippen MR) is 45.1 cm³/mol. The van der Waals surface area contributed by atoms with E-state index in [0.717, 1.165) is 0 Å². The lowest BCUT2D eigenvalue weighted by Gasteiger charge is -2.31. The van der Waals surface area contributed by atoms with Crippen molar-refractivity contribution in [2.45, 2.75) is 38.8 Å². The quantitative estimate of drug-likeness (QED) is 0.471. The first kappa shape index (κ1) is 9.32. The summed E-state index contributed by atoms with van der Waals surface area (Å²) in [5, 5.41) is 11.2. The Morgan fingerprint density at radius 2 is 1.83 bits per heavy atom. The molecule has 0 saturated carbocycles. The van der Waals surface area contributed by atoms with Gasteiger partial charge in [0.15, 0.2) is 11.1 Å². The summed E-state index contributed by atoms with van der Waals surface area (Å²) in [6.07, 6.45) is 1.56. The van der Waals surface area contributed by atoms with Crippen LogP contribution in [0.2, 0.25) is 0 Å². The maximum atomic E-state index is 9.55. The van der Waals surface area contributed by atoms with E-state index in [4.69, 9.17) is 4.84 Å². The van der Waals surface area contributed by atoms with Crippen molar-refractivity contribution in [3.8, 4) is 0 Å². The molecular formula is C8H17N2O2+. The fourth-order valence-electron chi connectivity index (χ4n) is 1.21. The minimum Gasteiger partial charge on any atom is -0.355 e. The highest BCUT2D eigenvalue weighted by Crippen LogP contribution is 2.33. The fraction of sp³-hybridized carbons (Fsp3) is 0.875. The van der Waals surface area contributed by atoms with Crippen LogP contribution in [0.25, 0.3) is 0 Å². The molecule has 70 valence electrons. The third kappa shape index (κ3) is 0.909. The summed E-state index contributed by atoms with van der Waals surface area (Å²) in [5.74, 6) is 0. The van der Waals surface area contributed by atoms with Gasteiger partial charge in [-0.2, -0.15) is 4.84 Å². The summed E-state index contributed by atoms with van der Waals surface area (Å²) in [6.45, 7) is 7.96. The van der Waals surface area contributed by atoms with Crippen LogP contribution in [0.5, 0.6) is 0 Å². The molecule has 4 nitrogen and oxygen atoms in total. The summed E-state index contributed by atoms with van der Waals surface area (Å²) >= 11 is 0. The molecule has 1 aliphatic heterocycles. The van der Waals surface area contributed by atoms with Gasteiger partial charge in [0.1, 0.15) is 0 Å². The van der Waals surface area contributed by atoms with Crippen molar-refractivity contribution in [1.29, 1.82) is 0 Å².